The molecule has 1 saturated heterocycles. The lowest BCUT2D eigenvalue weighted by Gasteiger charge is -2.18. The van der Waals surface area contributed by atoms with Gasteiger partial charge in [0.25, 0.3) is 0 Å². The second-order valence-corrected chi connectivity index (χ2v) is 7.31. The molecular formula is C13H20N2O3S. The summed E-state index contributed by atoms with van der Waals surface area (Å²) in [6, 6.07) is 4.02. The van der Waals surface area contributed by atoms with Crippen molar-refractivity contribution in [3.8, 4) is 5.75 Å². The number of rotatable bonds is 3. The smallest absolute Gasteiger partial charge is 0.243 e. The Balaban J connectivity index is 2.26. The molecule has 1 aliphatic heterocycles. The molecule has 1 aromatic rings. The van der Waals surface area contributed by atoms with Crippen molar-refractivity contribution in [1.29, 1.82) is 0 Å². The van der Waals surface area contributed by atoms with E-state index in [1.807, 2.05) is 0 Å². The Morgan fingerprint density at radius 1 is 1.42 bits per heavy atom. The number of phenolic OH excluding ortho intramolecular Hbond substituents is 1. The summed E-state index contributed by atoms with van der Waals surface area (Å²) in [5, 5.41) is 9.36. The zero-order valence-corrected chi connectivity index (χ0v) is 12.0. The van der Waals surface area contributed by atoms with Crippen LogP contribution in [0.2, 0.25) is 0 Å². The third-order valence-corrected chi connectivity index (χ3v) is 5.63. The number of nitrogens with two attached hydrogens (primary N) is 1. The van der Waals surface area contributed by atoms with E-state index in [9.17, 15) is 13.5 Å². The van der Waals surface area contributed by atoms with Crippen LogP contribution in [-0.2, 0) is 10.0 Å². The van der Waals surface area contributed by atoms with Crippen LogP contribution in [0.5, 0.6) is 5.75 Å². The van der Waals surface area contributed by atoms with Gasteiger partial charge in [-0.25, -0.2) is 8.42 Å². The zero-order chi connectivity index (χ0) is 14.2. The molecule has 0 spiro atoms. The normalized spacial score (nSPS) is 21.1. The first-order valence-electron chi connectivity index (χ1n) is 6.41. The maximum atomic E-state index is 12.5. The van der Waals surface area contributed by atoms with E-state index < -0.39 is 10.0 Å². The molecule has 3 N–H and O–H groups in total. The lowest BCUT2D eigenvalue weighted by molar-refractivity contribution is 0.388. The summed E-state index contributed by atoms with van der Waals surface area (Å²) >= 11 is 0. The number of benzene rings is 1. The van der Waals surface area contributed by atoms with Crippen LogP contribution < -0.4 is 5.73 Å². The number of hydrogen-bond acceptors (Lipinski definition) is 4. The molecule has 0 aliphatic carbocycles. The quantitative estimate of drug-likeness (QED) is 0.653. The molecule has 19 heavy (non-hydrogen) atoms. The lowest BCUT2D eigenvalue weighted by Crippen LogP contribution is -2.29. The molecule has 0 radical (unpaired) electrons. The van der Waals surface area contributed by atoms with Crippen LogP contribution in [0.1, 0.15) is 20.3 Å². The Morgan fingerprint density at radius 2 is 2.11 bits per heavy atom. The van der Waals surface area contributed by atoms with Crippen molar-refractivity contribution in [2.24, 2.45) is 11.8 Å². The Bertz CT molecular complexity index is 569. The van der Waals surface area contributed by atoms with Crippen molar-refractivity contribution in [2.75, 3.05) is 18.8 Å². The van der Waals surface area contributed by atoms with E-state index in [1.165, 1.54) is 22.5 Å². The van der Waals surface area contributed by atoms with E-state index in [1.54, 1.807) is 0 Å². The van der Waals surface area contributed by atoms with Gasteiger partial charge in [-0.05, 0) is 36.5 Å². The predicted molar refractivity (Wildman–Crippen MR) is 74.2 cm³/mol. The van der Waals surface area contributed by atoms with Crippen LogP contribution in [0.3, 0.4) is 0 Å². The van der Waals surface area contributed by atoms with Gasteiger partial charge in [-0.1, -0.05) is 13.8 Å². The van der Waals surface area contributed by atoms with E-state index >= 15 is 0 Å². The third kappa shape index (κ3) is 2.69. The topological polar surface area (TPSA) is 83.6 Å². The summed E-state index contributed by atoms with van der Waals surface area (Å²) in [4.78, 5) is 0.146. The molecule has 1 unspecified atom stereocenters. The number of nitrogen functional groups attached to an aromatic ring is 1. The van der Waals surface area contributed by atoms with E-state index in [4.69, 9.17) is 5.73 Å². The minimum absolute atomic E-state index is 0.0840. The maximum absolute atomic E-state index is 12.5. The first-order valence-corrected chi connectivity index (χ1v) is 7.85. The van der Waals surface area contributed by atoms with Gasteiger partial charge >= 0.3 is 0 Å². The summed E-state index contributed by atoms with van der Waals surface area (Å²) in [6.07, 6.45) is 0.893. The van der Waals surface area contributed by atoms with Crippen molar-refractivity contribution >= 4 is 15.7 Å². The van der Waals surface area contributed by atoms with Gasteiger partial charge in [0.2, 0.25) is 10.0 Å². The fourth-order valence-electron chi connectivity index (χ4n) is 2.36. The van der Waals surface area contributed by atoms with Gasteiger partial charge < -0.3 is 10.8 Å². The SMILES string of the molecule is CC(C)C1CCN(S(=O)(=O)c2ccc(O)c(N)c2)C1. The fraction of sp³-hybridized carbons (Fsp3) is 0.538. The Labute approximate surface area is 114 Å². The van der Waals surface area contributed by atoms with Gasteiger partial charge in [-0.15, -0.1) is 0 Å². The van der Waals surface area contributed by atoms with Gasteiger partial charge in [-0.3, -0.25) is 0 Å². The van der Waals surface area contributed by atoms with Crippen LogP contribution in [0.4, 0.5) is 5.69 Å². The molecule has 2 rings (SSSR count). The van der Waals surface area contributed by atoms with Crippen LogP contribution >= 0.6 is 0 Å². The molecule has 5 nitrogen and oxygen atoms in total. The molecule has 0 bridgehead atoms. The summed E-state index contributed by atoms with van der Waals surface area (Å²) in [6.45, 7) is 5.32. The molecule has 0 saturated carbocycles. The molecular weight excluding hydrogens is 264 g/mol. The average Bonchev–Trinajstić information content (AvgIpc) is 2.82. The van der Waals surface area contributed by atoms with Gasteiger partial charge in [-0.2, -0.15) is 4.31 Å². The van der Waals surface area contributed by atoms with Crippen molar-refractivity contribution < 1.29 is 13.5 Å². The van der Waals surface area contributed by atoms with Crippen molar-refractivity contribution in [2.45, 2.75) is 25.2 Å². The van der Waals surface area contributed by atoms with Crippen molar-refractivity contribution in [3.05, 3.63) is 18.2 Å². The second-order valence-electron chi connectivity index (χ2n) is 5.38. The molecule has 1 aromatic carbocycles. The van der Waals surface area contributed by atoms with Gasteiger partial charge in [0.15, 0.2) is 0 Å². The molecule has 1 heterocycles. The summed E-state index contributed by atoms with van der Waals surface area (Å²) in [7, 11) is -3.50. The summed E-state index contributed by atoms with van der Waals surface area (Å²) < 4.78 is 26.4. The van der Waals surface area contributed by atoms with E-state index in [0.29, 0.717) is 24.9 Å². The summed E-state index contributed by atoms with van der Waals surface area (Å²) in [5.41, 5.74) is 5.64. The minimum Gasteiger partial charge on any atom is -0.506 e. The lowest BCUT2D eigenvalue weighted by atomic mass is 9.96. The average molecular weight is 284 g/mol. The van der Waals surface area contributed by atoms with Crippen LogP contribution in [-0.4, -0.2) is 30.9 Å². The Kier molecular flexibility index (Phi) is 3.73. The van der Waals surface area contributed by atoms with Gasteiger partial charge in [0.05, 0.1) is 10.6 Å². The maximum Gasteiger partial charge on any atom is 0.243 e. The first kappa shape index (κ1) is 14.1. The number of anilines is 1. The largest absolute Gasteiger partial charge is 0.506 e. The first-order chi connectivity index (χ1) is 8.82. The number of sulfonamides is 1. The third-order valence-electron chi connectivity index (χ3n) is 3.77. The number of nitrogens with zero attached hydrogens (tertiary/aromatic N) is 1. The van der Waals surface area contributed by atoms with Gasteiger partial charge in [0, 0.05) is 13.1 Å². The van der Waals surface area contributed by atoms with Gasteiger partial charge in [0.1, 0.15) is 5.75 Å². The zero-order valence-electron chi connectivity index (χ0n) is 11.2. The highest BCUT2D eigenvalue weighted by atomic mass is 32.2. The van der Waals surface area contributed by atoms with E-state index in [-0.39, 0.29) is 16.3 Å². The predicted octanol–water partition coefficient (Wildman–Crippen LogP) is 1.64. The van der Waals surface area contributed by atoms with Crippen LogP contribution in [0.15, 0.2) is 23.1 Å². The minimum atomic E-state index is -3.50. The molecule has 1 aliphatic rings. The van der Waals surface area contributed by atoms with Crippen molar-refractivity contribution in [1.82, 2.24) is 4.31 Å². The Hall–Kier alpha value is -1.27. The standard InChI is InChI=1S/C13H20N2O3S/c1-9(2)10-5-6-15(8-10)19(17,18)11-3-4-13(16)12(14)7-11/h3-4,7,9-10,16H,5-6,8,14H2,1-2H3. The highest BCUT2D eigenvalue weighted by Crippen LogP contribution is 2.30. The highest BCUT2D eigenvalue weighted by molar-refractivity contribution is 7.89. The van der Waals surface area contributed by atoms with E-state index in [0.717, 1.165) is 6.42 Å². The number of phenols is 1. The second kappa shape index (κ2) is 5.02. The Morgan fingerprint density at radius 3 is 2.63 bits per heavy atom. The number of hydrogen-bond donors (Lipinski definition) is 2. The number of aromatic hydroxyl groups is 1. The summed E-state index contributed by atoms with van der Waals surface area (Å²) in [5.74, 6) is 0.787. The molecule has 1 atom stereocenters. The molecule has 6 heteroatoms. The van der Waals surface area contributed by atoms with Crippen molar-refractivity contribution in [3.63, 3.8) is 0 Å². The molecule has 0 aromatic heterocycles. The molecule has 1 fully saturated rings. The molecule has 106 valence electrons. The fourth-order valence-corrected chi connectivity index (χ4v) is 3.91. The van der Waals surface area contributed by atoms with E-state index in [2.05, 4.69) is 13.8 Å². The highest BCUT2D eigenvalue weighted by Gasteiger charge is 2.33. The molecule has 0 amide bonds. The van der Waals surface area contributed by atoms with Crippen LogP contribution in [0, 0.1) is 11.8 Å². The monoisotopic (exact) mass is 284 g/mol. The van der Waals surface area contributed by atoms with Crippen LogP contribution in [0.25, 0.3) is 0 Å².